The van der Waals surface area contributed by atoms with Gasteiger partial charge in [-0.15, -0.1) is 0 Å². The zero-order valence-electron chi connectivity index (χ0n) is 18.7. The van der Waals surface area contributed by atoms with E-state index in [2.05, 4.69) is 42.8 Å². The molecule has 166 valence electrons. The number of aliphatic hydroxyl groups excluding tert-OH is 1. The number of nitrogens with one attached hydrogen (secondary N) is 1. The van der Waals surface area contributed by atoms with Gasteiger partial charge in [0.15, 0.2) is 0 Å². The summed E-state index contributed by atoms with van der Waals surface area (Å²) in [6.07, 6.45) is 1.29. The molecule has 3 aromatic rings. The van der Waals surface area contributed by atoms with Crippen LogP contribution in [0.5, 0.6) is 5.75 Å². The van der Waals surface area contributed by atoms with Crippen molar-refractivity contribution in [3.05, 3.63) is 65.9 Å². The zero-order valence-corrected chi connectivity index (χ0v) is 18.7. The third-order valence-corrected chi connectivity index (χ3v) is 5.34. The summed E-state index contributed by atoms with van der Waals surface area (Å²) in [4.78, 5) is 17.2. The number of nitrogens with zero attached hydrogens (tertiary/aromatic N) is 1. The Morgan fingerprint density at radius 2 is 1.87 bits per heavy atom. The fourth-order valence-electron chi connectivity index (χ4n) is 3.58. The molecule has 6 heteroatoms. The van der Waals surface area contributed by atoms with E-state index in [1.165, 1.54) is 12.7 Å². The highest BCUT2D eigenvalue weighted by Gasteiger charge is 2.24. The molecule has 0 aliphatic rings. The molecule has 0 spiro atoms. The molecule has 0 radical (unpaired) electrons. The Kier molecular flexibility index (Phi) is 7.36. The summed E-state index contributed by atoms with van der Waals surface area (Å²) in [7, 11) is 1.38. The van der Waals surface area contributed by atoms with E-state index >= 15 is 0 Å². The number of aliphatic hydroxyl groups is 1. The van der Waals surface area contributed by atoms with Crippen LogP contribution in [0.25, 0.3) is 10.9 Å². The maximum Gasteiger partial charge on any atom is 0.310 e. The summed E-state index contributed by atoms with van der Waals surface area (Å²) in [6.45, 7) is 7.81. The first-order chi connectivity index (χ1) is 14.8. The molecule has 1 unspecified atom stereocenters. The minimum absolute atomic E-state index is 0.106. The van der Waals surface area contributed by atoms with Crippen molar-refractivity contribution in [2.45, 2.75) is 45.4 Å². The lowest BCUT2D eigenvalue weighted by Gasteiger charge is -2.37. The minimum atomic E-state index is -0.666. The van der Waals surface area contributed by atoms with E-state index < -0.39 is 6.10 Å². The Morgan fingerprint density at radius 3 is 2.55 bits per heavy atom. The largest absolute Gasteiger partial charge is 0.490 e. The number of aromatic nitrogens is 1. The van der Waals surface area contributed by atoms with Crippen LogP contribution >= 0.6 is 0 Å². The Labute approximate surface area is 183 Å². The maximum atomic E-state index is 11.7. The molecule has 2 N–H and O–H groups in total. The number of β-amino-alcohol motifs (C(OH)–C–C–N with tert-alkyl or cyclic N) is 1. The van der Waals surface area contributed by atoms with Crippen molar-refractivity contribution in [2.75, 3.05) is 20.3 Å². The van der Waals surface area contributed by atoms with Gasteiger partial charge in [0.05, 0.1) is 13.5 Å². The number of benzene rings is 2. The first-order valence-electron chi connectivity index (χ1n) is 10.5. The van der Waals surface area contributed by atoms with Gasteiger partial charge in [-0.1, -0.05) is 36.4 Å². The number of fused-ring (bicyclic) bond motifs is 1. The average molecular weight is 425 g/mol. The van der Waals surface area contributed by atoms with E-state index in [0.717, 1.165) is 23.0 Å². The van der Waals surface area contributed by atoms with Crippen molar-refractivity contribution < 1.29 is 19.4 Å². The lowest BCUT2D eigenvalue weighted by atomic mass is 10.0. The summed E-state index contributed by atoms with van der Waals surface area (Å²) in [5, 5.41) is 11.6. The van der Waals surface area contributed by atoms with Gasteiger partial charge in [-0.25, -0.2) is 0 Å². The third kappa shape index (κ3) is 6.09. The fourth-order valence-corrected chi connectivity index (χ4v) is 3.58. The molecule has 0 fully saturated rings. The molecule has 1 heterocycles. The quantitative estimate of drug-likeness (QED) is 0.509. The van der Waals surface area contributed by atoms with E-state index in [4.69, 9.17) is 9.47 Å². The number of hydrogen-bond acceptors (Lipinski definition) is 5. The second-order valence-corrected chi connectivity index (χ2v) is 8.75. The standard InChI is InChI=1S/C25H32N2O4/c1-25(2,3)27(15-18-9-6-5-7-10-18)16-20(28)17-31-22-12-8-11-21-24(22)19(14-26-21)13-23(29)30-4/h5-12,14,20,26,28H,13,15-17H2,1-4H3. The predicted molar refractivity (Wildman–Crippen MR) is 122 cm³/mol. The Balaban J connectivity index is 1.69. The number of hydrogen-bond donors (Lipinski definition) is 2. The van der Waals surface area contributed by atoms with Gasteiger partial charge in [0.2, 0.25) is 0 Å². The predicted octanol–water partition coefficient (Wildman–Crippen LogP) is 3.92. The molecule has 0 saturated heterocycles. The number of carbonyl (C=O) groups excluding carboxylic acids is 1. The number of rotatable bonds is 9. The topological polar surface area (TPSA) is 74.8 Å². The fraction of sp³-hybridized carbons (Fsp3) is 0.400. The Morgan fingerprint density at radius 1 is 1.13 bits per heavy atom. The average Bonchev–Trinajstić information content (AvgIpc) is 3.15. The summed E-state index contributed by atoms with van der Waals surface area (Å²) in [5.74, 6) is 0.333. The molecule has 2 aromatic carbocycles. The van der Waals surface area contributed by atoms with E-state index in [1.54, 1.807) is 6.20 Å². The number of H-pyrrole nitrogens is 1. The highest BCUT2D eigenvalue weighted by Crippen LogP contribution is 2.29. The summed E-state index contributed by atoms with van der Waals surface area (Å²) in [6, 6.07) is 15.9. The lowest BCUT2D eigenvalue weighted by Crippen LogP contribution is -2.46. The number of carbonyl (C=O) groups is 1. The molecule has 0 aliphatic heterocycles. The molecule has 3 rings (SSSR count). The number of esters is 1. The second kappa shape index (κ2) is 9.98. The molecular formula is C25H32N2O4. The molecule has 1 aromatic heterocycles. The van der Waals surface area contributed by atoms with Gasteiger partial charge in [0, 0.05) is 35.7 Å². The van der Waals surface area contributed by atoms with Crippen LogP contribution in [0, 0.1) is 0 Å². The molecular weight excluding hydrogens is 392 g/mol. The molecule has 0 saturated carbocycles. The summed E-state index contributed by atoms with van der Waals surface area (Å²) in [5.41, 5.74) is 2.79. The Bertz CT molecular complexity index is 992. The van der Waals surface area contributed by atoms with Gasteiger partial charge in [-0.2, -0.15) is 0 Å². The van der Waals surface area contributed by atoms with Crippen LogP contribution in [0.4, 0.5) is 0 Å². The van der Waals surface area contributed by atoms with E-state index in [0.29, 0.717) is 12.3 Å². The maximum absolute atomic E-state index is 11.7. The molecule has 0 bridgehead atoms. The van der Waals surface area contributed by atoms with Crippen LogP contribution in [0.2, 0.25) is 0 Å². The first kappa shape index (κ1) is 22.8. The van der Waals surface area contributed by atoms with Crippen LogP contribution in [-0.2, 0) is 22.5 Å². The van der Waals surface area contributed by atoms with Gasteiger partial charge in [0.1, 0.15) is 18.5 Å². The van der Waals surface area contributed by atoms with Crippen molar-refractivity contribution >= 4 is 16.9 Å². The molecule has 0 amide bonds. The van der Waals surface area contributed by atoms with Crippen molar-refractivity contribution in [1.29, 1.82) is 0 Å². The monoisotopic (exact) mass is 424 g/mol. The normalized spacial score (nSPS) is 12.8. The zero-order chi connectivity index (χ0) is 22.4. The molecule has 1 atom stereocenters. The van der Waals surface area contributed by atoms with Gasteiger partial charge in [-0.05, 0) is 44.0 Å². The van der Waals surface area contributed by atoms with Crippen LogP contribution in [0.15, 0.2) is 54.7 Å². The van der Waals surface area contributed by atoms with Crippen molar-refractivity contribution in [2.24, 2.45) is 0 Å². The van der Waals surface area contributed by atoms with Crippen molar-refractivity contribution in [3.63, 3.8) is 0 Å². The van der Waals surface area contributed by atoms with Crippen LogP contribution < -0.4 is 4.74 Å². The smallest absolute Gasteiger partial charge is 0.310 e. The number of aromatic amines is 1. The van der Waals surface area contributed by atoms with Crippen LogP contribution in [-0.4, -0.2) is 52.9 Å². The Hall–Kier alpha value is -2.83. The van der Waals surface area contributed by atoms with Crippen molar-refractivity contribution in [3.8, 4) is 5.75 Å². The lowest BCUT2D eigenvalue weighted by molar-refractivity contribution is -0.139. The molecule has 0 aliphatic carbocycles. The SMILES string of the molecule is COC(=O)Cc1c[nH]c2cccc(OCC(O)CN(Cc3ccccc3)C(C)(C)C)c12. The van der Waals surface area contributed by atoms with Gasteiger partial charge in [0.25, 0.3) is 0 Å². The summed E-state index contributed by atoms with van der Waals surface area (Å²) < 4.78 is 10.8. The van der Waals surface area contributed by atoms with Crippen LogP contribution in [0.1, 0.15) is 31.9 Å². The minimum Gasteiger partial charge on any atom is -0.490 e. The first-order valence-corrected chi connectivity index (χ1v) is 10.5. The second-order valence-electron chi connectivity index (χ2n) is 8.75. The number of methoxy groups -OCH3 is 1. The number of ether oxygens (including phenoxy) is 2. The van der Waals surface area contributed by atoms with Gasteiger partial charge >= 0.3 is 5.97 Å². The molecule has 31 heavy (non-hydrogen) atoms. The molecule has 6 nitrogen and oxygen atoms in total. The van der Waals surface area contributed by atoms with E-state index in [1.807, 2.05) is 36.4 Å². The summed E-state index contributed by atoms with van der Waals surface area (Å²) >= 11 is 0. The third-order valence-electron chi connectivity index (χ3n) is 5.34. The highest BCUT2D eigenvalue weighted by molar-refractivity contribution is 5.92. The van der Waals surface area contributed by atoms with Gasteiger partial charge in [-0.3, -0.25) is 9.69 Å². The van der Waals surface area contributed by atoms with Gasteiger partial charge < -0.3 is 19.6 Å². The highest BCUT2D eigenvalue weighted by atomic mass is 16.5. The van der Waals surface area contributed by atoms with Crippen molar-refractivity contribution in [1.82, 2.24) is 9.88 Å². The van der Waals surface area contributed by atoms with E-state index in [-0.39, 0.29) is 24.5 Å². The van der Waals surface area contributed by atoms with E-state index in [9.17, 15) is 9.90 Å². The van der Waals surface area contributed by atoms with Crippen LogP contribution in [0.3, 0.4) is 0 Å².